The first-order chi connectivity index (χ1) is 7.60. The molecule has 0 unspecified atom stereocenters. The van der Waals surface area contributed by atoms with Crippen molar-refractivity contribution in [2.75, 3.05) is 6.61 Å². The van der Waals surface area contributed by atoms with E-state index >= 15 is 0 Å². The summed E-state index contributed by atoms with van der Waals surface area (Å²) in [5.41, 5.74) is 3.81. The van der Waals surface area contributed by atoms with E-state index in [4.69, 9.17) is 13.3 Å². The second-order valence-corrected chi connectivity index (χ2v) is 13.6. The fraction of sp³-hybridized carbons (Fsp3) is 0.636. The monoisotopic (exact) mass is 290 g/mol. The smallest absolute Gasteiger partial charge is 0.214 e. The molecule has 17 heavy (non-hydrogen) atoms. The van der Waals surface area contributed by atoms with Gasteiger partial charge >= 0.3 is 0 Å². The predicted octanol–water partition coefficient (Wildman–Crippen LogP) is 1.89. The Labute approximate surface area is 111 Å². The molecule has 0 aliphatic carbocycles. The standard InChI is InChI=1S/C11H26O3Si3/c1-8-16(4,5)13-11(3,10-12-15)14-17(6,7)9-2/h8-9H,1-2,10H2,3-7,15H3. The molecule has 6 heteroatoms. The lowest BCUT2D eigenvalue weighted by molar-refractivity contribution is -0.133. The first-order valence-electron chi connectivity index (χ1n) is 5.76. The van der Waals surface area contributed by atoms with Crippen LogP contribution < -0.4 is 0 Å². The fourth-order valence-electron chi connectivity index (χ4n) is 1.54. The zero-order valence-corrected chi connectivity index (χ0v) is 16.0. The van der Waals surface area contributed by atoms with Crippen LogP contribution in [0, 0.1) is 0 Å². The average Bonchev–Trinajstić information content (AvgIpc) is 2.16. The van der Waals surface area contributed by atoms with E-state index in [1.54, 1.807) is 0 Å². The highest BCUT2D eigenvalue weighted by molar-refractivity contribution is 6.77. The fourth-order valence-corrected chi connectivity index (χ4v) is 4.74. The van der Waals surface area contributed by atoms with Crippen molar-refractivity contribution in [3.63, 3.8) is 0 Å². The van der Waals surface area contributed by atoms with Crippen LogP contribution in [0.15, 0.2) is 24.6 Å². The lowest BCUT2D eigenvalue weighted by atomic mass is 10.4. The normalized spacial score (nSPS) is 13.7. The second-order valence-electron chi connectivity index (χ2n) is 5.39. The molecule has 0 aromatic heterocycles. The highest BCUT2D eigenvalue weighted by Crippen LogP contribution is 2.25. The largest absolute Gasteiger partial charge is 0.423 e. The zero-order chi connectivity index (χ0) is 13.7. The second kappa shape index (κ2) is 6.26. The number of hydrogen-bond acceptors (Lipinski definition) is 3. The van der Waals surface area contributed by atoms with Gasteiger partial charge in [-0.3, -0.25) is 0 Å². The Morgan fingerprint density at radius 3 is 1.65 bits per heavy atom. The Morgan fingerprint density at radius 1 is 1.06 bits per heavy atom. The van der Waals surface area contributed by atoms with Gasteiger partial charge < -0.3 is 13.3 Å². The van der Waals surface area contributed by atoms with Gasteiger partial charge in [0.05, 0.1) is 6.61 Å². The molecule has 0 aliphatic heterocycles. The molecule has 0 saturated carbocycles. The van der Waals surface area contributed by atoms with E-state index in [0.29, 0.717) is 17.1 Å². The van der Waals surface area contributed by atoms with Crippen molar-refractivity contribution in [3.8, 4) is 0 Å². The van der Waals surface area contributed by atoms with Crippen LogP contribution in [0.25, 0.3) is 0 Å². The molecule has 0 fully saturated rings. The minimum Gasteiger partial charge on any atom is -0.423 e. The van der Waals surface area contributed by atoms with E-state index in [2.05, 4.69) is 39.3 Å². The molecule has 0 bridgehead atoms. The van der Waals surface area contributed by atoms with Crippen molar-refractivity contribution in [3.05, 3.63) is 24.6 Å². The molecule has 0 amide bonds. The van der Waals surface area contributed by atoms with Gasteiger partial charge in [0.15, 0.2) is 5.79 Å². The van der Waals surface area contributed by atoms with Crippen LogP contribution in [0.5, 0.6) is 0 Å². The molecule has 0 radical (unpaired) electrons. The molecule has 0 aliphatic rings. The molecular weight excluding hydrogens is 264 g/mol. The minimum atomic E-state index is -1.90. The zero-order valence-electron chi connectivity index (χ0n) is 12.0. The molecular formula is C11H26O3Si3. The summed E-state index contributed by atoms with van der Waals surface area (Å²) >= 11 is 0. The molecule has 3 nitrogen and oxygen atoms in total. The summed E-state index contributed by atoms with van der Waals surface area (Å²) in [4.78, 5) is 0. The van der Waals surface area contributed by atoms with Crippen LogP contribution in [0.4, 0.5) is 0 Å². The van der Waals surface area contributed by atoms with Crippen LogP contribution in [0.2, 0.25) is 26.2 Å². The van der Waals surface area contributed by atoms with Gasteiger partial charge in [0.25, 0.3) is 0 Å². The topological polar surface area (TPSA) is 27.7 Å². The number of rotatable bonds is 8. The summed E-state index contributed by atoms with van der Waals surface area (Å²) in [6, 6.07) is 0. The summed E-state index contributed by atoms with van der Waals surface area (Å²) in [6.45, 7) is 18.5. The van der Waals surface area contributed by atoms with Gasteiger partial charge in [-0.1, -0.05) is 11.4 Å². The van der Waals surface area contributed by atoms with E-state index in [1.165, 1.54) is 0 Å². The van der Waals surface area contributed by atoms with Crippen molar-refractivity contribution in [2.24, 2.45) is 0 Å². The maximum absolute atomic E-state index is 6.14. The maximum Gasteiger partial charge on any atom is 0.214 e. The first-order valence-corrected chi connectivity index (χ1v) is 12.5. The van der Waals surface area contributed by atoms with E-state index in [1.807, 2.05) is 18.3 Å². The lowest BCUT2D eigenvalue weighted by Gasteiger charge is -2.40. The van der Waals surface area contributed by atoms with Crippen molar-refractivity contribution in [2.45, 2.75) is 38.9 Å². The molecule has 0 spiro atoms. The maximum atomic E-state index is 6.14. The molecule has 0 rings (SSSR count). The van der Waals surface area contributed by atoms with Crippen molar-refractivity contribution < 1.29 is 13.3 Å². The van der Waals surface area contributed by atoms with Gasteiger partial charge in [0.1, 0.15) is 10.5 Å². The SMILES string of the molecule is C=C[Si](C)(C)OC(C)(CO[SiH3])O[Si](C)(C)C=C. The third-order valence-electron chi connectivity index (χ3n) is 2.35. The lowest BCUT2D eigenvalue weighted by Crippen LogP contribution is -2.51. The molecule has 0 aromatic rings. The van der Waals surface area contributed by atoms with E-state index in [0.717, 1.165) is 0 Å². The van der Waals surface area contributed by atoms with Gasteiger partial charge in [-0.25, -0.2) is 0 Å². The summed E-state index contributed by atoms with van der Waals surface area (Å²) in [7, 11) is -3.13. The highest BCUT2D eigenvalue weighted by Gasteiger charge is 2.38. The molecule has 100 valence electrons. The summed E-state index contributed by atoms with van der Waals surface area (Å²) in [5, 5.41) is 0. The van der Waals surface area contributed by atoms with Gasteiger partial charge in [0, 0.05) is 0 Å². The first kappa shape index (κ1) is 17.0. The highest BCUT2D eigenvalue weighted by atomic mass is 28.4. The van der Waals surface area contributed by atoms with Gasteiger partial charge in [0.2, 0.25) is 16.6 Å². The Kier molecular flexibility index (Phi) is 6.26. The molecule has 0 aromatic carbocycles. The Bertz CT molecular complexity index is 255. The third-order valence-corrected chi connectivity index (χ3v) is 6.52. The molecule has 0 heterocycles. The van der Waals surface area contributed by atoms with Crippen molar-refractivity contribution in [1.82, 2.24) is 0 Å². The molecule has 0 saturated heterocycles. The van der Waals surface area contributed by atoms with Crippen LogP contribution in [0.1, 0.15) is 6.92 Å². The molecule has 0 N–H and O–H groups in total. The Hall–Kier alpha value is 0.0106. The van der Waals surface area contributed by atoms with E-state index in [-0.39, 0.29) is 0 Å². The van der Waals surface area contributed by atoms with Crippen LogP contribution in [-0.2, 0) is 13.3 Å². The molecule has 0 atom stereocenters. The van der Waals surface area contributed by atoms with Crippen molar-refractivity contribution in [1.29, 1.82) is 0 Å². The predicted molar refractivity (Wildman–Crippen MR) is 81.8 cm³/mol. The minimum absolute atomic E-state index is 0.466. The van der Waals surface area contributed by atoms with Crippen molar-refractivity contribution >= 4 is 27.1 Å². The third kappa shape index (κ3) is 6.49. The van der Waals surface area contributed by atoms with Crippen LogP contribution >= 0.6 is 0 Å². The quantitative estimate of drug-likeness (QED) is 0.505. The average molecular weight is 291 g/mol. The summed E-state index contributed by atoms with van der Waals surface area (Å²) in [5.74, 6) is -0.685. The van der Waals surface area contributed by atoms with Gasteiger partial charge in [-0.15, -0.1) is 13.2 Å². The summed E-state index contributed by atoms with van der Waals surface area (Å²) < 4.78 is 17.6. The van der Waals surface area contributed by atoms with Gasteiger partial charge in [-0.05, 0) is 33.1 Å². The van der Waals surface area contributed by atoms with Crippen LogP contribution in [-0.4, -0.2) is 39.5 Å². The Balaban J connectivity index is 4.90. The van der Waals surface area contributed by atoms with Crippen LogP contribution in [0.3, 0.4) is 0 Å². The summed E-state index contributed by atoms with van der Waals surface area (Å²) in [6.07, 6.45) is 0. The van der Waals surface area contributed by atoms with E-state index < -0.39 is 22.4 Å². The van der Waals surface area contributed by atoms with Gasteiger partial charge in [-0.2, -0.15) is 0 Å². The number of hydrogen-bond donors (Lipinski definition) is 0. The Morgan fingerprint density at radius 2 is 1.41 bits per heavy atom. The van der Waals surface area contributed by atoms with E-state index in [9.17, 15) is 0 Å².